The Morgan fingerprint density at radius 1 is 0.414 bits per heavy atom. The van der Waals surface area contributed by atoms with Crippen molar-refractivity contribution in [3.63, 3.8) is 0 Å². The van der Waals surface area contributed by atoms with Crippen LogP contribution in [0.1, 0.15) is 213 Å². The van der Waals surface area contributed by atoms with Crippen LogP contribution in [0.25, 0.3) is 0 Å². The van der Waals surface area contributed by atoms with E-state index >= 15 is 0 Å². The fourth-order valence-corrected chi connectivity index (χ4v) is 7.26. The fraction of sp³-hybridized carbons (Fsp3) is 0.625. The maximum atomic E-state index is 5.02. The monoisotopic (exact) mass is 776 g/mol. The van der Waals surface area contributed by atoms with Crippen LogP contribution >= 0.6 is 0 Å². The maximum Gasteiger partial charge on any atom is 0.244 e. The van der Waals surface area contributed by atoms with Crippen molar-refractivity contribution >= 4 is 0 Å². The van der Waals surface area contributed by atoms with Gasteiger partial charge in [0.2, 0.25) is 6.33 Å². The Balaban J connectivity index is 2.59. The Bertz CT molecular complexity index is 1730. The zero-order valence-electron chi connectivity index (χ0n) is 37.1. The molecule has 0 aliphatic rings. The van der Waals surface area contributed by atoms with Crippen molar-refractivity contribution in [2.24, 2.45) is 13.0 Å². The molecule has 0 radical (unpaired) electrons. The minimum atomic E-state index is 0.0971. The van der Waals surface area contributed by atoms with E-state index in [1.807, 2.05) is 0 Å². The first-order valence-corrected chi connectivity index (χ1v) is 23.2. The van der Waals surface area contributed by atoms with E-state index in [-0.39, 0.29) is 6.04 Å². The van der Waals surface area contributed by atoms with Gasteiger partial charge in [-0.15, -0.1) is 6.42 Å². The number of aryl methyl sites for hydroxylation is 1. The minimum Gasteiger partial charge on any atom is -0.240 e. The number of hydrogen-bond donors (Lipinski definition) is 0. The number of unbranched alkanes of at least 4 members (excludes halogenated alkanes) is 23. The van der Waals surface area contributed by atoms with E-state index in [1.54, 1.807) is 0 Å². The van der Waals surface area contributed by atoms with Gasteiger partial charge in [0.25, 0.3) is 0 Å². The van der Waals surface area contributed by atoms with Crippen molar-refractivity contribution in [3.8, 4) is 107 Å². The molecule has 2 nitrogen and oxygen atoms in total. The van der Waals surface area contributed by atoms with Crippen LogP contribution in [0.5, 0.6) is 0 Å². The number of aromatic nitrogens is 2. The molecule has 0 spiro atoms. The van der Waals surface area contributed by atoms with Crippen LogP contribution in [0.4, 0.5) is 0 Å². The Hall–Kier alpha value is -4.75. The number of terminal acetylenes is 1. The highest BCUT2D eigenvalue weighted by molar-refractivity contribution is 5.46. The molecule has 0 aromatic carbocycles. The van der Waals surface area contributed by atoms with Crippen molar-refractivity contribution in [3.05, 3.63) is 18.7 Å². The van der Waals surface area contributed by atoms with Crippen LogP contribution in [0.15, 0.2) is 18.7 Å². The lowest BCUT2D eigenvalue weighted by molar-refractivity contribution is -0.671. The molecule has 1 atom stereocenters. The average molecular weight is 776 g/mol. The maximum absolute atomic E-state index is 5.02. The van der Waals surface area contributed by atoms with Gasteiger partial charge in [-0.25, -0.2) is 9.13 Å². The Labute approximate surface area is 359 Å². The summed E-state index contributed by atoms with van der Waals surface area (Å²) in [6, 6.07) is 0.0971. The molecule has 1 heterocycles. The molecule has 0 aliphatic heterocycles. The first kappa shape index (κ1) is 51.3. The summed E-state index contributed by atoms with van der Waals surface area (Å²) >= 11 is 0. The minimum absolute atomic E-state index is 0.0971. The molecule has 0 aliphatic carbocycles. The molecule has 308 valence electrons. The van der Waals surface area contributed by atoms with E-state index in [2.05, 4.69) is 149 Å². The zero-order chi connectivity index (χ0) is 41.7. The van der Waals surface area contributed by atoms with Crippen LogP contribution in [-0.4, -0.2) is 4.57 Å². The number of hydrogen-bond acceptors (Lipinski definition) is 0. The molecule has 1 aromatic rings. The van der Waals surface area contributed by atoms with Gasteiger partial charge >= 0.3 is 0 Å². The van der Waals surface area contributed by atoms with Crippen molar-refractivity contribution < 1.29 is 4.57 Å². The van der Waals surface area contributed by atoms with Gasteiger partial charge in [0.1, 0.15) is 12.4 Å². The van der Waals surface area contributed by atoms with Crippen LogP contribution in [-0.2, 0) is 7.05 Å². The predicted molar refractivity (Wildman–Crippen MR) is 249 cm³/mol. The molecule has 0 amide bonds. The Morgan fingerprint density at radius 2 is 0.724 bits per heavy atom. The highest BCUT2D eigenvalue weighted by atomic mass is 15.1. The second-order valence-electron chi connectivity index (χ2n) is 15.7. The summed E-state index contributed by atoms with van der Waals surface area (Å²) in [5.74, 6) is 46.1. The highest BCUT2D eigenvalue weighted by Crippen LogP contribution is 2.26. The largest absolute Gasteiger partial charge is 0.244 e. The van der Waals surface area contributed by atoms with Gasteiger partial charge in [-0.2, -0.15) is 0 Å². The summed E-state index contributed by atoms with van der Waals surface area (Å²) in [6.07, 6.45) is 53.0. The predicted octanol–water partition coefficient (Wildman–Crippen LogP) is 12.9. The second kappa shape index (κ2) is 41.9. The van der Waals surface area contributed by atoms with E-state index in [9.17, 15) is 0 Å². The van der Waals surface area contributed by atoms with Gasteiger partial charge in [0.15, 0.2) is 6.04 Å². The number of rotatable bonds is 32. The molecule has 0 bridgehead atoms. The lowest BCUT2D eigenvalue weighted by atomic mass is 9.89. The van der Waals surface area contributed by atoms with Gasteiger partial charge in [-0.3, -0.25) is 0 Å². The summed E-state index contributed by atoms with van der Waals surface area (Å²) < 4.78 is 4.28. The van der Waals surface area contributed by atoms with Crippen LogP contribution in [0, 0.1) is 113 Å². The molecular weight excluding hydrogens is 701 g/mol. The van der Waals surface area contributed by atoms with Crippen LogP contribution < -0.4 is 4.57 Å². The third-order valence-corrected chi connectivity index (χ3v) is 10.6. The molecular formula is C56H75N2+. The second-order valence-corrected chi connectivity index (χ2v) is 15.7. The lowest BCUT2D eigenvalue weighted by Gasteiger charge is -2.17. The Morgan fingerprint density at radius 3 is 1.07 bits per heavy atom. The van der Waals surface area contributed by atoms with Crippen molar-refractivity contribution in [1.29, 1.82) is 0 Å². The smallest absolute Gasteiger partial charge is 0.240 e. The summed E-state index contributed by atoms with van der Waals surface area (Å²) in [5.41, 5.74) is 0. The summed E-state index contributed by atoms with van der Waals surface area (Å²) in [7, 11) is 2.05. The standard InChI is InChI=1S/C56H75N2/c1-5-8-11-14-17-20-23-26-27-28-29-32-35-38-41-44-50-56(58-53-52-57(4)54-58)51-46-45-49-55(47-42-39-36-33-30-24-21-18-15-12-9-6-2)48-43-40-37-34-31-25-22-19-16-13-10-7-3/h1,52-56H,6-7,9-10,12-13,15-16,18-19,21-22,24-25,30-31,33-34,36-37,39-40,42-43,45-49,51H2,2-4H3/q+1. The third-order valence-electron chi connectivity index (χ3n) is 10.6. The van der Waals surface area contributed by atoms with Crippen LogP contribution in [0.2, 0.25) is 0 Å². The molecule has 1 rings (SSSR count). The van der Waals surface area contributed by atoms with Crippen LogP contribution in [0.3, 0.4) is 0 Å². The molecule has 2 heteroatoms. The molecule has 0 saturated heterocycles. The molecule has 58 heavy (non-hydrogen) atoms. The van der Waals surface area contributed by atoms with Gasteiger partial charge < -0.3 is 0 Å². The zero-order valence-corrected chi connectivity index (χ0v) is 37.1. The van der Waals surface area contributed by atoms with Crippen molar-refractivity contribution in [1.82, 2.24) is 4.57 Å². The summed E-state index contributed by atoms with van der Waals surface area (Å²) in [6.45, 7) is 4.60. The van der Waals surface area contributed by atoms with Gasteiger partial charge in [-0.05, 0) is 119 Å². The molecule has 0 fully saturated rings. The topological polar surface area (TPSA) is 8.81 Å². The van der Waals surface area contributed by atoms with Crippen molar-refractivity contribution in [2.45, 2.75) is 213 Å². The SMILES string of the molecule is C#CC#CC#CC#CC#CC#CC#CC#CC#CC(CCCCC(CCCCCCCCCCCCCC)CCCCCCCCCCCCCC)n1cc[n+](C)c1. The molecule has 1 aromatic heterocycles. The molecule has 0 N–H and O–H groups in total. The van der Waals surface area contributed by atoms with E-state index in [4.69, 9.17) is 6.42 Å². The molecule has 1 unspecified atom stereocenters. The summed E-state index contributed by atoms with van der Waals surface area (Å²) in [4.78, 5) is 0. The van der Waals surface area contributed by atoms with Gasteiger partial charge in [0.05, 0.1) is 7.05 Å². The normalized spacial score (nSPS) is 9.98. The van der Waals surface area contributed by atoms with Gasteiger partial charge in [0, 0.05) is 0 Å². The number of imidazole rings is 1. The third kappa shape index (κ3) is 34.5. The van der Waals surface area contributed by atoms with E-state index in [0.717, 1.165) is 12.3 Å². The van der Waals surface area contributed by atoms with E-state index < -0.39 is 0 Å². The first-order valence-electron chi connectivity index (χ1n) is 23.2. The summed E-state index contributed by atoms with van der Waals surface area (Å²) in [5, 5.41) is 0. The average Bonchev–Trinajstić information content (AvgIpc) is 3.67. The number of nitrogens with zero attached hydrogens (tertiary/aromatic N) is 2. The van der Waals surface area contributed by atoms with E-state index in [1.165, 1.54) is 186 Å². The first-order chi connectivity index (χ1) is 28.7. The quantitative estimate of drug-likeness (QED) is 0.0392. The lowest BCUT2D eigenvalue weighted by Crippen LogP contribution is -2.24. The van der Waals surface area contributed by atoms with E-state index in [0.29, 0.717) is 0 Å². The Kier molecular flexibility index (Phi) is 37.0. The highest BCUT2D eigenvalue weighted by Gasteiger charge is 2.15. The molecule has 0 saturated carbocycles. The fourth-order valence-electron chi connectivity index (χ4n) is 7.26. The van der Waals surface area contributed by atoms with Crippen molar-refractivity contribution in [2.75, 3.05) is 0 Å². The van der Waals surface area contributed by atoms with Gasteiger partial charge in [-0.1, -0.05) is 194 Å².